The lowest BCUT2D eigenvalue weighted by atomic mass is 10.3. The number of hydrogen-bond donors (Lipinski definition) is 0. The van der Waals surface area contributed by atoms with Crippen LogP contribution in [0.4, 0.5) is 14.5 Å². The number of carbonyl (C=O) groups excluding carboxylic acids is 1. The fraction of sp³-hybridized carbons (Fsp3) is 0.222. The molecule has 0 saturated heterocycles. The van der Waals surface area contributed by atoms with Gasteiger partial charge in [-0.3, -0.25) is 0 Å². The summed E-state index contributed by atoms with van der Waals surface area (Å²) in [6.45, 7) is -0.761. The predicted octanol–water partition coefficient (Wildman–Crippen LogP) is 2.95. The Labute approximate surface area is 89.3 Å². The van der Waals surface area contributed by atoms with Crippen molar-refractivity contribution in [3.05, 3.63) is 23.2 Å². The molecule has 3 nitrogen and oxygen atoms in total. The second-order valence-electron chi connectivity index (χ2n) is 2.52. The van der Waals surface area contributed by atoms with E-state index < -0.39 is 13.0 Å². The summed E-state index contributed by atoms with van der Waals surface area (Å²) >= 11 is 5.62. The number of halogens is 3. The van der Waals surface area contributed by atoms with Gasteiger partial charge in [-0.2, -0.15) is 4.99 Å². The van der Waals surface area contributed by atoms with Crippen molar-refractivity contribution in [3.63, 3.8) is 0 Å². The average molecular weight is 234 g/mol. The van der Waals surface area contributed by atoms with E-state index >= 15 is 0 Å². The maximum Gasteiger partial charge on any atom is 0.272 e. The molecular formula is C9H6ClF2NO2. The van der Waals surface area contributed by atoms with E-state index in [1.54, 1.807) is 0 Å². The van der Waals surface area contributed by atoms with Crippen LogP contribution in [0.3, 0.4) is 0 Å². The summed E-state index contributed by atoms with van der Waals surface area (Å²) in [5.74, 6) is 0.0723. The van der Waals surface area contributed by atoms with Crippen molar-refractivity contribution in [2.45, 2.75) is 6.43 Å². The van der Waals surface area contributed by atoms with Crippen molar-refractivity contribution >= 4 is 23.4 Å². The molecule has 0 aliphatic heterocycles. The molecule has 0 amide bonds. The van der Waals surface area contributed by atoms with Crippen molar-refractivity contribution in [1.82, 2.24) is 0 Å². The summed E-state index contributed by atoms with van der Waals surface area (Å²) in [5.41, 5.74) is 0.0816. The molecule has 15 heavy (non-hydrogen) atoms. The number of alkyl halides is 2. The highest BCUT2D eigenvalue weighted by Gasteiger charge is 2.07. The molecule has 0 N–H and O–H groups in total. The van der Waals surface area contributed by atoms with Gasteiger partial charge in [-0.05, 0) is 18.2 Å². The second kappa shape index (κ2) is 5.44. The van der Waals surface area contributed by atoms with Gasteiger partial charge in [-0.15, -0.1) is 0 Å². The van der Waals surface area contributed by atoms with E-state index in [0.29, 0.717) is 5.02 Å². The maximum atomic E-state index is 11.9. The van der Waals surface area contributed by atoms with E-state index in [0.717, 1.165) is 0 Å². The minimum Gasteiger partial charge on any atom is -0.485 e. The van der Waals surface area contributed by atoms with E-state index in [1.165, 1.54) is 24.3 Å². The first-order chi connectivity index (χ1) is 7.13. The number of aliphatic imine (C=N–C) groups is 1. The summed E-state index contributed by atoms with van der Waals surface area (Å²) < 4.78 is 28.4. The Bertz CT molecular complexity index is 392. The Hall–Kier alpha value is -1.45. The molecule has 0 aliphatic rings. The van der Waals surface area contributed by atoms with Gasteiger partial charge in [0, 0.05) is 5.02 Å². The SMILES string of the molecule is O=C=Nc1cc(Cl)ccc1OCC(F)F. The Morgan fingerprint density at radius 1 is 1.53 bits per heavy atom. The molecular weight excluding hydrogens is 228 g/mol. The fourth-order valence-electron chi connectivity index (χ4n) is 0.902. The normalized spacial score (nSPS) is 9.87. The van der Waals surface area contributed by atoms with Crippen LogP contribution in [0.2, 0.25) is 5.02 Å². The monoisotopic (exact) mass is 233 g/mol. The lowest BCUT2D eigenvalue weighted by molar-refractivity contribution is 0.0822. The van der Waals surface area contributed by atoms with Gasteiger partial charge in [0.15, 0.2) is 0 Å². The molecule has 6 heteroatoms. The largest absolute Gasteiger partial charge is 0.485 e. The molecule has 0 fully saturated rings. The quantitative estimate of drug-likeness (QED) is 0.592. The summed E-state index contributed by atoms with van der Waals surface area (Å²) in [6, 6.07) is 4.14. The van der Waals surface area contributed by atoms with Gasteiger partial charge in [0.1, 0.15) is 18.0 Å². The van der Waals surface area contributed by atoms with Gasteiger partial charge in [0.2, 0.25) is 6.08 Å². The minimum absolute atomic E-state index is 0.0723. The van der Waals surface area contributed by atoms with E-state index in [9.17, 15) is 13.6 Å². The van der Waals surface area contributed by atoms with Gasteiger partial charge in [0.05, 0.1) is 0 Å². The van der Waals surface area contributed by atoms with Gasteiger partial charge in [0.25, 0.3) is 6.43 Å². The molecule has 0 spiro atoms. The van der Waals surface area contributed by atoms with Gasteiger partial charge >= 0.3 is 0 Å². The van der Waals surface area contributed by atoms with Crippen LogP contribution in [0, 0.1) is 0 Å². The van der Waals surface area contributed by atoms with Crippen LogP contribution in [-0.2, 0) is 4.79 Å². The lowest BCUT2D eigenvalue weighted by Crippen LogP contribution is -2.06. The number of rotatable bonds is 4. The number of benzene rings is 1. The van der Waals surface area contributed by atoms with Gasteiger partial charge in [-0.25, -0.2) is 13.6 Å². The van der Waals surface area contributed by atoms with Gasteiger partial charge in [-0.1, -0.05) is 11.6 Å². The highest BCUT2D eigenvalue weighted by atomic mass is 35.5. The third-order valence-electron chi connectivity index (χ3n) is 1.45. The number of nitrogens with zero attached hydrogens (tertiary/aromatic N) is 1. The van der Waals surface area contributed by atoms with Crippen LogP contribution in [0.25, 0.3) is 0 Å². The molecule has 1 rings (SSSR count). The van der Waals surface area contributed by atoms with Crippen molar-refractivity contribution < 1.29 is 18.3 Å². The van der Waals surface area contributed by atoms with Crippen LogP contribution in [0.1, 0.15) is 0 Å². The Balaban J connectivity index is 2.90. The van der Waals surface area contributed by atoms with Crippen molar-refractivity contribution in [1.29, 1.82) is 0 Å². The van der Waals surface area contributed by atoms with Crippen molar-refractivity contribution in [2.75, 3.05) is 6.61 Å². The third-order valence-corrected chi connectivity index (χ3v) is 1.69. The number of ether oxygens (including phenoxy) is 1. The molecule has 0 aromatic heterocycles. The first-order valence-corrected chi connectivity index (χ1v) is 4.29. The minimum atomic E-state index is -2.59. The third kappa shape index (κ3) is 3.65. The topological polar surface area (TPSA) is 38.7 Å². The molecule has 1 aromatic carbocycles. The Morgan fingerprint density at radius 2 is 2.27 bits per heavy atom. The maximum absolute atomic E-state index is 11.9. The standard InChI is InChI=1S/C9H6ClF2NO2/c10-6-1-2-8(15-4-9(11)12)7(3-6)13-5-14/h1-3,9H,4H2. The van der Waals surface area contributed by atoms with Crippen LogP contribution in [-0.4, -0.2) is 19.1 Å². The fourth-order valence-corrected chi connectivity index (χ4v) is 1.07. The van der Waals surface area contributed by atoms with Crippen LogP contribution >= 0.6 is 11.6 Å². The van der Waals surface area contributed by atoms with E-state index in [4.69, 9.17) is 16.3 Å². The second-order valence-corrected chi connectivity index (χ2v) is 2.95. The average Bonchev–Trinajstić information content (AvgIpc) is 2.17. The summed E-state index contributed by atoms with van der Waals surface area (Å²) in [7, 11) is 0. The molecule has 0 bridgehead atoms. The zero-order chi connectivity index (χ0) is 11.3. The number of hydrogen-bond acceptors (Lipinski definition) is 3. The zero-order valence-corrected chi connectivity index (χ0v) is 8.17. The first kappa shape index (κ1) is 11.6. The zero-order valence-electron chi connectivity index (χ0n) is 7.41. The Kier molecular flexibility index (Phi) is 4.21. The molecule has 0 radical (unpaired) electrons. The van der Waals surface area contributed by atoms with Crippen LogP contribution in [0.15, 0.2) is 23.2 Å². The molecule has 80 valence electrons. The smallest absolute Gasteiger partial charge is 0.272 e. The molecule has 0 heterocycles. The molecule has 0 atom stereocenters. The number of isocyanates is 1. The van der Waals surface area contributed by atoms with E-state index in [2.05, 4.69) is 4.99 Å². The lowest BCUT2D eigenvalue weighted by Gasteiger charge is -2.07. The molecule has 0 unspecified atom stereocenters. The summed E-state index contributed by atoms with van der Waals surface area (Å²) in [5, 5.41) is 0.327. The first-order valence-electron chi connectivity index (χ1n) is 3.92. The van der Waals surface area contributed by atoms with Crippen LogP contribution < -0.4 is 4.74 Å². The van der Waals surface area contributed by atoms with E-state index in [-0.39, 0.29) is 11.4 Å². The van der Waals surface area contributed by atoms with Crippen LogP contribution in [0.5, 0.6) is 5.75 Å². The summed E-state index contributed by atoms with van der Waals surface area (Å²) in [6.07, 6.45) is -1.30. The molecule has 0 aliphatic carbocycles. The van der Waals surface area contributed by atoms with E-state index in [1.807, 2.05) is 0 Å². The highest BCUT2D eigenvalue weighted by Crippen LogP contribution is 2.30. The van der Waals surface area contributed by atoms with Gasteiger partial charge < -0.3 is 4.74 Å². The Morgan fingerprint density at radius 3 is 2.87 bits per heavy atom. The molecule has 0 saturated carbocycles. The van der Waals surface area contributed by atoms with Crippen molar-refractivity contribution in [3.8, 4) is 5.75 Å². The molecule has 1 aromatic rings. The summed E-state index contributed by atoms with van der Waals surface area (Å²) in [4.78, 5) is 13.3. The van der Waals surface area contributed by atoms with Crippen molar-refractivity contribution in [2.24, 2.45) is 4.99 Å². The predicted molar refractivity (Wildman–Crippen MR) is 50.7 cm³/mol. The highest BCUT2D eigenvalue weighted by molar-refractivity contribution is 6.30.